The number of halogens is 2. The predicted molar refractivity (Wildman–Crippen MR) is 170 cm³/mol. The molecule has 7 nitrogen and oxygen atoms in total. The van der Waals surface area contributed by atoms with Crippen LogP contribution >= 0.6 is 24.8 Å². The summed E-state index contributed by atoms with van der Waals surface area (Å²) in [5.74, 6) is 0.266. The van der Waals surface area contributed by atoms with Crippen LogP contribution in [0.4, 0.5) is 11.4 Å². The van der Waals surface area contributed by atoms with Crippen molar-refractivity contribution in [3.05, 3.63) is 101 Å². The molecule has 0 saturated carbocycles. The molecule has 1 unspecified atom stereocenters. The van der Waals surface area contributed by atoms with Crippen LogP contribution in [0, 0.1) is 0 Å². The van der Waals surface area contributed by atoms with Gasteiger partial charge in [-0.3, -0.25) is 14.9 Å². The highest BCUT2D eigenvalue weighted by molar-refractivity contribution is 5.98. The number of phenols is 1. The molecule has 2 aromatic carbocycles. The number of para-hydroxylation sites is 1. The van der Waals surface area contributed by atoms with Crippen molar-refractivity contribution in [1.82, 2.24) is 15.2 Å². The Kier molecular flexibility index (Phi) is 10.8. The third kappa shape index (κ3) is 6.85. The highest BCUT2D eigenvalue weighted by atomic mass is 35.5. The number of nitrogens with one attached hydrogen (secondary N) is 1. The molecule has 0 saturated heterocycles. The minimum Gasteiger partial charge on any atom is -0.508 e. The normalized spacial score (nSPS) is 14.0. The van der Waals surface area contributed by atoms with Gasteiger partial charge in [0.05, 0.1) is 30.0 Å². The Balaban J connectivity index is 0.00000231. The Morgan fingerprint density at radius 3 is 2.54 bits per heavy atom. The van der Waals surface area contributed by atoms with Crippen LogP contribution in [0.25, 0.3) is 0 Å². The van der Waals surface area contributed by atoms with E-state index >= 15 is 0 Å². The van der Waals surface area contributed by atoms with Crippen LogP contribution in [0.3, 0.4) is 0 Å². The summed E-state index contributed by atoms with van der Waals surface area (Å²) >= 11 is 0. The topological polar surface area (TPSA) is 85.4 Å². The quantitative estimate of drug-likeness (QED) is 0.234. The maximum absolute atomic E-state index is 14.3. The Bertz CT molecular complexity index is 1450. The minimum atomic E-state index is -0.324. The number of carbonyl (C=O) groups excluding carboxylic acids is 1. The summed E-state index contributed by atoms with van der Waals surface area (Å²) in [4.78, 5) is 22.9. The molecule has 1 aliphatic rings. The maximum atomic E-state index is 14.3. The first-order chi connectivity index (χ1) is 18.8. The number of hydrogen-bond acceptors (Lipinski definition) is 5. The summed E-state index contributed by atoms with van der Waals surface area (Å²) in [5, 5.41) is 18.1. The smallest absolute Gasteiger partial charge is 0.234 e. The number of carbonyl (C=O) groups is 1. The van der Waals surface area contributed by atoms with Gasteiger partial charge in [-0.2, -0.15) is 5.10 Å². The van der Waals surface area contributed by atoms with E-state index in [1.54, 1.807) is 12.3 Å². The van der Waals surface area contributed by atoms with Crippen molar-refractivity contribution in [3.8, 4) is 5.75 Å². The standard InChI is InChI=1S/C32H37N5O2.2ClH/c1-21(2)28-16-15-24(19-33-28)37(32(39)27-12-7-11-26-25(27)10-8-14-31(26)38)20-23-18-34-35-29(23)17-22-9-5-6-13-30(22)36(3)4;;/h5-6,8-10,13-16,18-19,21,27,38H,7,11-12,17,20H2,1-4H3,(H,34,35);2*1H. The van der Waals surface area contributed by atoms with Gasteiger partial charge >= 0.3 is 0 Å². The lowest BCUT2D eigenvalue weighted by Gasteiger charge is -2.31. The molecule has 5 rings (SSSR count). The average molecular weight is 597 g/mol. The van der Waals surface area contributed by atoms with Crippen LogP contribution in [-0.4, -0.2) is 40.3 Å². The van der Waals surface area contributed by atoms with Crippen molar-refractivity contribution in [2.24, 2.45) is 0 Å². The molecule has 2 heterocycles. The molecule has 41 heavy (non-hydrogen) atoms. The summed E-state index contributed by atoms with van der Waals surface area (Å²) in [6.07, 6.45) is 6.74. The zero-order valence-corrected chi connectivity index (χ0v) is 25.6. The average Bonchev–Trinajstić information content (AvgIpc) is 3.38. The first kappa shape index (κ1) is 32.0. The van der Waals surface area contributed by atoms with Crippen molar-refractivity contribution in [3.63, 3.8) is 0 Å². The molecular weight excluding hydrogens is 557 g/mol. The molecule has 0 aliphatic heterocycles. The van der Waals surface area contributed by atoms with Gasteiger partial charge in [-0.1, -0.05) is 44.2 Å². The Morgan fingerprint density at radius 2 is 1.83 bits per heavy atom. The van der Waals surface area contributed by atoms with Crippen molar-refractivity contribution >= 4 is 42.1 Å². The summed E-state index contributed by atoms with van der Waals surface area (Å²) in [7, 11) is 4.08. The maximum Gasteiger partial charge on any atom is 0.234 e. The number of H-pyrrole nitrogens is 1. The van der Waals surface area contributed by atoms with E-state index in [1.165, 1.54) is 5.56 Å². The van der Waals surface area contributed by atoms with Crippen molar-refractivity contribution in [1.29, 1.82) is 0 Å². The van der Waals surface area contributed by atoms with Gasteiger partial charge in [0, 0.05) is 43.7 Å². The molecule has 0 radical (unpaired) electrons. The number of aromatic hydroxyl groups is 1. The van der Waals surface area contributed by atoms with Gasteiger partial charge in [0.25, 0.3) is 0 Å². The molecule has 0 fully saturated rings. The lowest BCUT2D eigenvalue weighted by Crippen LogP contribution is -2.36. The van der Waals surface area contributed by atoms with Crippen LogP contribution < -0.4 is 9.80 Å². The third-order valence-corrected chi connectivity index (χ3v) is 7.69. The van der Waals surface area contributed by atoms with E-state index in [0.29, 0.717) is 18.9 Å². The lowest BCUT2D eigenvalue weighted by atomic mass is 9.81. The van der Waals surface area contributed by atoms with Gasteiger partial charge in [-0.25, -0.2) is 0 Å². The number of nitrogens with zero attached hydrogens (tertiary/aromatic N) is 4. The third-order valence-electron chi connectivity index (χ3n) is 7.69. The van der Waals surface area contributed by atoms with E-state index in [9.17, 15) is 9.90 Å². The first-order valence-electron chi connectivity index (χ1n) is 13.7. The molecule has 4 aromatic rings. The van der Waals surface area contributed by atoms with E-state index in [0.717, 1.165) is 58.7 Å². The van der Waals surface area contributed by atoms with E-state index in [-0.39, 0.29) is 42.4 Å². The summed E-state index contributed by atoms with van der Waals surface area (Å²) in [6.45, 7) is 4.60. The zero-order valence-electron chi connectivity index (χ0n) is 24.0. The second-order valence-corrected chi connectivity index (χ2v) is 10.9. The predicted octanol–water partition coefficient (Wildman–Crippen LogP) is 6.79. The molecule has 2 N–H and O–H groups in total. The number of aromatic amines is 1. The van der Waals surface area contributed by atoms with E-state index < -0.39 is 0 Å². The van der Waals surface area contributed by atoms with Gasteiger partial charge < -0.3 is 14.9 Å². The lowest BCUT2D eigenvalue weighted by molar-refractivity contribution is -0.120. The molecular formula is C32H39Cl2N5O2. The Hall–Kier alpha value is -3.55. The molecule has 0 bridgehead atoms. The van der Waals surface area contributed by atoms with Gasteiger partial charge in [0.1, 0.15) is 5.75 Å². The van der Waals surface area contributed by atoms with Crippen LogP contribution in [0.1, 0.15) is 72.2 Å². The Labute approximate surface area is 254 Å². The molecule has 1 atom stereocenters. The van der Waals surface area contributed by atoms with Crippen LogP contribution in [0.15, 0.2) is 67.0 Å². The number of anilines is 2. The Morgan fingerprint density at radius 1 is 1.05 bits per heavy atom. The molecule has 1 amide bonds. The highest BCUT2D eigenvalue weighted by Crippen LogP contribution is 2.38. The molecule has 1 aliphatic carbocycles. The number of fused-ring (bicyclic) bond motifs is 1. The first-order valence-corrected chi connectivity index (χ1v) is 13.7. The number of hydrogen-bond donors (Lipinski definition) is 2. The number of pyridine rings is 1. The number of amides is 1. The molecule has 9 heteroatoms. The highest BCUT2D eigenvalue weighted by Gasteiger charge is 2.32. The fourth-order valence-corrected chi connectivity index (χ4v) is 5.55. The van der Waals surface area contributed by atoms with E-state index in [4.69, 9.17) is 0 Å². The van der Waals surface area contributed by atoms with Gasteiger partial charge in [-0.15, -0.1) is 24.8 Å². The molecule has 2 aromatic heterocycles. The number of benzene rings is 2. The zero-order chi connectivity index (χ0) is 27.5. The SMILES string of the molecule is CC(C)c1ccc(N(Cc2c[nH]nc2Cc2ccccc2N(C)C)C(=O)C2CCCc3c(O)cccc32)cn1.Cl.Cl. The van der Waals surface area contributed by atoms with Gasteiger partial charge in [0.2, 0.25) is 5.91 Å². The van der Waals surface area contributed by atoms with Crippen molar-refractivity contribution in [2.75, 3.05) is 23.9 Å². The van der Waals surface area contributed by atoms with Gasteiger partial charge in [-0.05, 0) is 66.1 Å². The fraction of sp³-hybridized carbons (Fsp3) is 0.344. The van der Waals surface area contributed by atoms with E-state index in [2.05, 4.69) is 46.1 Å². The summed E-state index contributed by atoms with van der Waals surface area (Å²) in [6, 6.07) is 17.8. The van der Waals surface area contributed by atoms with Gasteiger partial charge in [0.15, 0.2) is 0 Å². The van der Waals surface area contributed by atoms with Crippen LogP contribution in [0.2, 0.25) is 0 Å². The fourth-order valence-electron chi connectivity index (χ4n) is 5.55. The van der Waals surface area contributed by atoms with Crippen molar-refractivity contribution in [2.45, 2.75) is 57.9 Å². The van der Waals surface area contributed by atoms with Crippen molar-refractivity contribution < 1.29 is 9.90 Å². The largest absolute Gasteiger partial charge is 0.508 e. The second-order valence-electron chi connectivity index (χ2n) is 10.9. The number of aromatic nitrogens is 3. The van der Waals surface area contributed by atoms with Crippen LogP contribution in [-0.2, 0) is 24.2 Å². The number of phenolic OH excluding ortho intramolecular Hbond substituents is 1. The van der Waals surface area contributed by atoms with E-state index in [1.807, 2.05) is 61.6 Å². The summed E-state index contributed by atoms with van der Waals surface area (Å²) < 4.78 is 0. The monoisotopic (exact) mass is 595 g/mol. The second kappa shape index (κ2) is 13.9. The van der Waals surface area contributed by atoms with Crippen LogP contribution in [0.5, 0.6) is 5.75 Å². The molecule has 0 spiro atoms. The number of rotatable bonds is 8. The minimum absolute atomic E-state index is 0. The summed E-state index contributed by atoms with van der Waals surface area (Å²) in [5.41, 5.74) is 7.77. The molecule has 218 valence electrons.